The van der Waals surface area contributed by atoms with E-state index in [1.165, 1.54) is 16.3 Å². The molecule has 1 unspecified atom stereocenters. The molecule has 0 aliphatic carbocycles. The van der Waals surface area contributed by atoms with Gasteiger partial charge in [-0.3, -0.25) is 9.69 Å². The van der Waals surface area contributed by atoms with E-state index in [1.807, 2.05) is 18.2 Å². The lowest BCUT2D eigenvalue weighted by molar-refractivity contribution is -0.137. The molecular weight excluding hydrogens is 418 g/mol. The Bertz CT molecular complexity index is 1090. The van der Waals surface area contributed by atoms with Crippen LogP contribution in [0.1, 0.15) is 18.4 Å². The minimum absolute atomic E-state index is 0.108. The third kappa shape index (κ3) is 4.62. The van der Waals surface area contributed by atoms with Crippen LogP contribution in [-0.2, 0) is 11.3 Å². The summed E-state index contributed by atoms with van der Waals surface area (Å²) in [6.45, 7) is 6.12. The average molecular weight is 448 g/mol. The van der Waals surface area contributed by atoms with Crippen LogP contribution >= 0.6 is 11.6 Å². The third-order valence-electron chi connectivity index (χ3n) is 6.89. The van der Waals surface area contributed by atoms with Gasteiger partial charge in [-0.15, -0.1) is 0 Å². The van der Waals surface area contributed by atoms with Crippen molar-refractivity contribution in [2.24, 2.45) is 5.92 Å². The third-order valence-corrected chi connectivity index (χ3v) is 7.13. The number of nitrogens with zero attached hydrogens (tertiary/aromatic N) is 3. The Morgan fingerprint density at radius 2 is 1.69 bits per heavy atom. The Morgan fingerprint density at radius 3 is 2.53 bits per heavy atom. The van der Waals surface area contributed by atoms with Crippen LogP contribution in [0.2, 0.25) is 5.02 Å². The Balaban J connectivity index is 1.20. The molecule has 2 aliphatic heterocycles. The number of amides is 1. The van der Waals surface area contributed by atoms with Crippen LogP contribution in [0.25, 0.3) is 10.8 Å². The van der Waals surface area contributed by atoms with E-state index >= 15 is 0 Å². The maximum absolute atomic E-state index is 13.3. The van der Waals surface area contributed by atoms with Crippen molar-refractivity contribution in [2.75, 3.05) is 44.2 Å². The van der Waals surface area contributed by atoms with Crippen molar-refractivity contribution >= 4 is 34.0 Å². The summed E-state index contributed by atoms with van der Waals surface area (Å²) in [5.41, 5.74) is 2.50. The van der Waals surface area contributed by atoms with Crippen molar-refractivity contribution < 1.29 is 4.79 Å². The summed E-state index contributed by atoms with van der Waals surface area (Å²) in [5, 5.41) is 3.36. The Labute approximate surface area is 195 Å². The molecule has 5 rings (SSSR count). The smallest absolute Gasteiger partial charge is 0.227 e. The molecule has 3 aromatic carbocycles. The van der Waals surface area contributed by atoms with E-state index in [-0.39, 0.29) is 5.92 Å². The lowest BCUT2D eigenvalue weighted by atomic mass is 9.95. The van der Waals surface area contributed by atoms with Gasteiger partial charge in [-0.1, -0.05) is 60.1 Å². The molecule has 2 saturated heterocycles. The van der Waals surface area contributed by atoms with Crippen molar-refractivity contribution in [1.82, 2.24) is 9.80 Å². The molecule has 0 spiro atoms. The summed E-state index contributed by atoms with van der Waals surface area (Å²) in [7, 11) is 0. The summed E-state index contributed by atoms with van der Waals surface area (Å²) in [5.74, 6) is 0.440. The molecule has 4 nitrogen and oxygen atoms in total. The number of likely N-dealkylation sites (tertiary alicyclic amines) is 1. The largest absolute Gasteiger partial charge is 0.368 e. The van der Waals surface area contributed by atoms with E-state index in [2.05, 4.69) is 63.2 Å². The number of hydrogen-bond donors (Lipinski definition) is 0. The van der Waals surface area contributed by atoms with Crippen molar-refractivity contribution in [3.8, 4) is 0 Å². The van der Waals surface area contributed by atoms with Gasteiger partial charge >= 0.3 is 0 Å². The number of anilines is 1. The standard InChI is InChI=1S/C27H30ClN3O/c28-24-10-4-11-25(18-24)30-14-16-31(17-15-30)27(32)23-9-5-13-29(20-23)19-22-8-3-7-21-6-1-2-12-26(21)22/h1-4,6-8,10-12,18,23H,5,9,13-17,19-20H2. The molecule has 166 valence electrons. The second-order valence-electron chi connectivity index (χ2n) is 9.00. The van der Waals surface area contributed by atoms with Gasteiger partial charge in [0.05, 0.1) is 5.92 Å². The first-order chi connectivity index (χ1) is 15.7. The zero-order chi connectivity index (χ0) is 21.9. The van der Waals surface area contributed by atoms with Gasteiger partial charge in [-0.2, -0.15) is 0 Å². The van der Waals surface area contributed by atoms with E-state index in [0.717, 1.165) is 69.4 Å². The van der Waals surface area contributed by atoms with Crippen molar-refractivity contribution in [3.63, 3.8) is 0 Å². The van der Waals surface area contributed by atoms with Gasteiger partial charge in [0, 0.05) is 50.0 Å². The zero-order valence-corrected chi connectivity index (χ0v) is 19.2. The van der Waals surface area contributed by atoms with Crippen LogP contribution in [0.4, 0.5) is 5.69 Å². The molecule has 5 heteroatoms. The number of carbonyl (C=O) groups excluding carboxylic acids is 1. The summed E-state index contributed by atoms with van der Waals surface area (Å²) < 4.78 is 0. The molecule has 2 aliphatic rings. The van der Waals surface area contributed by atoms with Crippen molar-refractivity contribution in [3.05, 3.63) is 77.3 Å². The summed E-state index contributed by atoms with van der Waals surface area (Å²) in [4.78, 5) is 20.2. The molecule has 1 atom stereocenters. The van der Waals surface area contributed by atoms with E-state index in [9.17, 15) is 4.79 Å². The van der Waals surface area contributed by atoms with Gasteiger partial charge < -0.3 is 9.80 Å². The fourth-order valence-electron chi connectivity index (χ4n) is 5.19. The Hall–Kier alpha value is -2.56. The monoisotopic (exact) mass is 447 g/mol. The first kappa shape index (κ1) is 21.3. The Morgan fingerprint density at radius 1 is 0.906 bits per heavy atom. The highest BCUT2D eigenvalue weighted by Crippen LogP contribution is 2.26. The van der Waals surface area contributed by atoms with Crippen molar-refractivity contribution in [1.29, 1.82) is 0 Å². The molecule has 0 radical (unpaired) electrons. The molecular formula is C27H30ClN3O. The first-order valence-electron chi connectivity index (χ1n) is 11.7. The van der Waals surface area contributed by atoms with Crippen LogP contribution in [0, 0.1) is 5.92 Å². The summed E-state index contributed by atoms with van der Waals surface area (Å²) in [6, 6.07) is 23.1. The van der Waals surface area contributed by atoms with E-state index in [0.29, 0.717) is 5.91 Å². The lowest BCUT2D eigenvalue weighted by Crippen LogP contribution is -2.52. The van der Waals surface area contributed by atoms with Crippen molar-refractivity contribution in [2.45, 2.75) is 19.4 Å². The number of piperidine rings is 1. The van der Waals surface area contributed by atoms with Gasteiger partial charge in [0.15, 0.2) is 0 Å². The highest BCUT2D eigenvalue weighted by Gasteiger charge is 2.31. The quantitative estimate of drug-likeness (QED) is 0.559. The fourth-order valence-corrected chi connectivity index (χ4v) is 5.37. The van der Waals surface area contributed by atoms with Gasteiger partial charge in [0.25, 0.3) is 0 Å². The topological polar surface area (TPSA) is 26.8 Å². The van der Waals surface area contributed by atoms with Crippen LogP contribution in [0.3, 0.4) is 0 Å². The maximum atomic E-state index is 13.3. The van der Waals surface area contributed by atoms with Crippen LogP contribution in [-0.4, -0.2) is 55.0 Å². The number of benzene rings is 3. The van der Waals surface area contributed by atoms with Crippen LogP contribution < -0.4 is 4.90 Å². The van der Waals surface area contributed by atoms with Gasteiger partial charge in [0.2, 0.25) is 5.91 Å². The number of fused-ring (bicyclic) bond motifs is 1. The SMILES string of the molecule is O=C(C1CCCN(Cc2cccc3ccccc23)C1)N1CCN(c2cccc(Cl)c2)CC1. The second-order valence-corrected chi connectivity index (χ2v) is 9.44. The van der Waals surface area contributed by atoms with Gasteiger partial charge in [-0.25, -0.2) is 0 Å². The molecule has 3 aromatic rings. The minimum atomic E-state index is 0.108. The summed E-state index contributed by atoms with van der Waals surface area (Å²) in [6.07, 6.45) is 2.09. The lowest BCUT2D eigenvalue weighted by Gasteiger charge is -2.39. The molecule has 1 amide bonds. The predicted molar refractivity (Wildman–Crippen MR) is 132 cm³/mol. The number of rotatable bonds is 4. The molecule has 2 fully saturated rings. The van der Waals surface area contributed by atoms with Crippen LogP contribution in [0.5, 0.6) is 0 Å². The molecule has 0 saturated carbocycles. The first-order valence-corrected chi connectivity index (χ1v) is 12.0. The second kappa shape index (κ2) is 9.51. The molecule has 0 aromatic heterocycles. The van der Waals surface area contributed by atoms with Gasteiger partial charge in [-0.05, 0) is 53.9 Å². The number of piperazine rings is 1. The zero-order valence-electron chi connectivity index (χ0n) is 18.4. The van der Waals surface area contributed by atoms with E-state index in [1.54, 1.807) is 0 Å². The Kier molecular flexibility index (Phi) is 6.33. The number of carbonyl (C=O) groups is 1. The fraction of sp³-hybridized carbons (Fsp3) is 0.370. The number of hydrogen-bond acceptors (Lipinski definition) is 3. The average Bonchev–Trinajstić information content (AvgIpc) is 2.84. The number of halogens is 1. The van der Waals surface area contributed by atoms with E-state index in [4.69, 9.17) is 11.6 Å². The van der Waals surface area contributed by atoms with E-state index < -0.39 is 0 Å². The molecule has 2 heterocycles. The minimum Gasteiger partial charge on any atom is -0.368 e. The highest BCUT2D eigenvalue weighted by atomic mass is 35.5. The van der Waals surface area contributed by atoms with Crippen LogP contribution in [0.15, 0.2) is 66.7 Å². The highest BCUT2D eigenvalue weighted by molar-refractivity contribution is 6.30. The molecule has 32 heavy (non-hydrogen) atoms. The predicted octanol–water partition coefficient (Wildman–Crippen LogP) is 5.05. The summed E-state index contributed by atoms with van der Waals surface area (Å²) >= 11 is 6.15. The van der Waals surface area contributed by atoms with Gasteiger partial charge in [0.1, 0.15) is 0 Å². The molecule has 0 bridgehead atoms. The molecule has 0 N–H and O–H groups in total. The maximum Gasteiger partial charge on any atom is 0.227 e. The normalized spacial score (nSPS) is 20.0.